The summed E-state index contributed by atoms with van der Waals surface area (Å²) >= 11 is 0. The number of nitrogens with two attached hydrogens (primary N) is 1. The highest BCUT2D eigenvalue weighted by atomic mass is 19.1. The Bertz CT molecular complexity index is 754. The fourth-order valence-electron chi connectivity index (χ4n) is 1.93. The van der Waals surface area contributed by atoms with Crippen molar-refractivity contribution in [2.45, 2.75) is 13.3 Å². The molecule has 0 spiro atoms. The number of pyridine rings is 1. The summed E-state index contributed by atoms with van der Waals surface area (Å²) in [5, 5.41) is 11.6. The molecule has 0 bridgehead atoms. The zero-order chi connectivity index (χ0) is 16.8. The van der Waals surface area contributed by atoms with Gasteiger partial charge in [-0.2, -0.15) is 10.2 Å². The van der Waals surface area contributed by atoms with E-state index in [0.717, 1.165) is 0 Å². The van der Waals surface area contributed by atoms with E-state index < -0.39 is 0 Å². The third kappa shape index (κ3) is 4.17. The minimum absolute atomic E-state index is 0.0613. The largest absolute Gasteiger partial charge is 0.477 e. The number of benzene rings is 1. The number of nitrogens with zero attached hydrogens (tertiary/aromatic N) is 2. The Labute approximate surface area is 132 Å². The highest BCUT2D eigenvalue weighted by Crippen LogP contribution is 2.25. The Hall–Kier alpha value is -3.14. The van der Waals surface area contributed by atoms with Crippen LogP contribution in [-0.4, -0.2) is 17.5 Å². The summed E-state index contributed by atoms with van der Waals surface area (Å²) in [7, 11) is 0. The van der Waals surface area contributed by atoms with Gasteiger partial charge < -0.3 is 15.8 Å². The number of nitrogens with one attached hydrogen (secondary N) is 1. The van der Waals surface area contributed by atoms with E-state index in [0.29, 0.717) is 12.2 Å². The van der Waals surface area contributed by atoms with Gasteiger partial charge in [0.25, 0.3) is 0 Å². The van der Waals surface area contributed by atoms with E-state index in [1.807, 2.05) is 6.07 Å². The molecule has 3 N–H and O–H groups in total. The normalized spacial score (nSPS) is 9.96. The number of nitrogen functional groups attached to an aromatic ring is 1. The van der Waals surface area contributed by atoms with Crippen LogP contribution < -0.4 is 15.8 Å². The number of rotatable bonds is 5. The van der Waals surface area contributed by atoms with Crippen LogP contribution in [0, 0.1) is 17.1 Å². The Morgan fingerprint density at radius 1 is 1.43 bits per heavy atom. The second-order valence-electron chi connectivity index (χ2n) is 4.67. The number of carbonyl (C=O) groups is 1. The fraction of sp³-hybridized carbons (Fsp3) is 0.188. The SMILES string of the molecule is CCOc1nc(NC(=O)Cc2ccc(F)cc2)cc(N)c1C#N. The molecule has 2 rings (SSSR count). The molecule has 0 atom stereocenters. The van der Waals surface area contributed by atoms with Crippen molar-refractivity contribution in [3.8, 4) is 11.9 Å². The lowest BCUT2D eigenvalue weighted by atomic mass is 10.1. The third-order valence-corrected chi connectivity index (χ3v) is 2.96. The first-order valence-corrected chi connectivity index (χ1v) is 6.91. The molecular formula is C16H15FN4O2. The first-order valence-electron chi connectivity index (χ1n) is 6.91. The van der Waals surface area contributed by atoms with Gasteiger partial charge in [0.05, 0.1) is 18.7 Å². The van der Waals surface area contributed by atoms with E-state index in [1.165, 1.54) is 30.3 Å². The Balaban J connectivity index is 2.14. The molecule has 7 heteroatoms. The predicted molar refractivity (Wildman–Crippen MR) is 83.3 cm³/mol. The molecule has 0 unspecified atom stereocenters. The maximum absolute atomic E-state index is 12.8. The van der Waals surface area contributed by atoms with Gasteiger partial charge in [-0.05, 0) is 24.6 Å². The van der Waals surface area contributed by atoms with E-state index in [1.54, 1.807) is 6.92 Å². The maximum Gasteiger partial charge on any atom is 0.235 e. The summed E-state index contributed by atoms with van der Waals surface area (Å²) in [5.41, 5.74) is 6.73. The molecular weight excluding hydrogens is 299 g/mol. The highest BCUT2D eigenvalue weighted by molar-refractivity contribution is 5.92. The molecule has 118 valence electrons. The molecule has 0 saturated carbocycles. The monoisotopic (exact) mass is 314 g/mol. The van der Waals surface area contributed by atoms with Crippen molar-refractivity contribution in [1.29, 1.82) is 5.26 Å². The van der Waals surface area contributed by atoms with Crippen LogP contribution in [0.3, 0.4) is 0 Å². The van der Waals surface area contributed by atoms with Crippen molar-refractivity contribution in [2.24, 2.45) is 0 Å². The van der Waals surface area contributed by atoms with Gasteiger partial charge in [-0.25, -0.2) is 4.39 Å². The molecule has 23 heavy (non-hydrogen) atoms. The van der Waals surface area contributed by atoms with Crippen molar-refractivity contribution in [1.82, 2.24) is 4.98 Å². The van der Waals surface area contributed by atoms with Gasteiger partial charge in [0.1, 0.15) is 23.3 Å². The van der Waals surface area contributed by atoms with Crippen LogP contribution in [0.4, 0.5) is 15.9 Å². The van der Waals surface area contributed by atoms with Gasteiger partial charge in [-0.1, -0.05) is 12.1 Å². The van der Waals surface area contributed by atoms with E-state index in [2.05, 4.69) is 10.3 Å². The molecule has 0 radical (unpaired) electrons. The number of anilines is 2. The number of halogens is 1. The van der Waals surface area contributed by atoms with E-state index >= 15 is 0 Å². The second-order valence-corrected chi connectivity index (χ2v) is 4.67. The van der Waals surface area contributed by atoms with Gasteiger partial charge in [-0.15, -0.1) is 0 Å². The number of hydrogen-bond acceptors (Lipinski definition) is 5. The fourth-order valence-corrected chi connectivity index (χ4v) is 1.93. The van der Waals surface area contributed by atoms with Gasteiger partial charge in [0.15, 0.2) is 0 Å². The topological polar surface area (TPSA) is 101 Å². The highest BCUT2D eigenvalue weighted by Gasteiger charge is 2.13. The van der Waals surface area contributed by atoms with E-state index in [4.69, 9.17) is 15.7 Å². The third-order valence-electron chi connectivity index (χ3n) is 2.96. The van der Waals surface area contributed by atoms with Crippen molar-refractivity contribution < 1.29 is 13.9 Å². The van der Waals surface area contributed by atoms with Crippen LogP contribution in [0.1, 0.15) is 18.1 Å². The lowest BCUT2D eigenvalue weighted by molar-refractivity contribution is -0.115. The summed E-state index contributed by atoms with van der Waals surface area (Å²) in [6.07, 6.45) is 0.0613. The number of nitriles is 1. The van der Waals surface area contributed by atoms with Gasteiger partial charge >= 0.3 is 0 Å². The average molecular weight is 314 g/mol. The lowest BCUT2D eigenvalue weighted by Crippen LogP contribution is -2.16. The number of ether oxygens (including phenoxy) is 1. The Kier molecular flexibility index (Phi) is 5.10. The quantitative estimate of drug-likeness (QED) is 0.881. The van der Waals surface area contributed by atoms with Gasteiger partial charge in [-0.3, -0.25) is 4.79 Å². The van der Waals surface area contributed by atoms with Crippen LogP contribution in [-0.2, 0) is 11.2 Å². The van der Waals surface area contributed by atoms with Crippen molar-refractivity contribution in [3.05, 3.63) is 47.3 Å². The van der Waals surface area contributed by atoms with E-state index in [-0.39, 0.29) is 41.1 Å². The summed E-state index contributed by atoms with van der Waals surface area (Å²) in [6.45, 7) is 2.06. The Morgan fingerprint density at radius 2 is 2.13 bits per heavy atom. The van der Waals surface area contributed by atoms with Crippen LogP contribution in [0.25, 0.3) is 0 Å². The van der Waals surface area contributed by atoms with Crippen LogP contribution in [0.2, 0.25) is 0 Å². The molecule has 1 aromatic heterocycles. The number of hydrogen-bond donors (Lipinski definition) is 2. The molecule has 0 fully saturated rings. The minimum Gasteiger partial charge on any atom is -0.477 e. The molecule has 1 aromatic carbocycles. The summed E-state index contributed by atoms with van der Waals surface area (Å²) in [5.74, 6) is -0.433. The molecule has 0 saturated heterocycles. The lowest BCUT2D eigenvalue weighted by Gasteiger charge is -2.10. The van der Waals surface area contributed by atoms with Crippen molar-refractivity contribution in [3.63, 3.8) is 0 Å². The summed E-state index contributed by atoms with van der Waals surface area (Å²) in [4.78, 5) is 16.1. The van der Waals surface area contributed by atoms with Crippen LogP contribution >= 0.6 is 0 Å². The van der Waals surface area contributed by atoms with E-state index in [9.17, 15) is 9.18 Å². The molecule has 0 aliphatic carbocycles. The molecule has 0 aliphatic heterocycles. The average Bonchev–Trinajstić information content (AvgIpc) is 2.50. The van der Waals surface area contributed by atoms with Crippen molar-refractivity contribution >= 4 is 17.4 Å². The molecule has 1 amide bonds. The smallest absolute Gasteiger partial charge is 0.235 e. The molecule has 1 heterocycles. The minimum atomic E-state index is -0.364. The molecule has 2 aromatic rings. The number of aromatic nitrogens is 1. The first kappa shape index (κ1) is 16.2. The zero-order valence-electron chi connectivity index (χ0n) is 12.5. The molecule has 0 aliphatic rings. The first-order chi connectivity index (χ1) is 11.0. The maximum atomic E-state index is 12.8. The van der Waals surface area contributed by atoms with Crippen molar-refractivity contribution in [2.75, 3.05) is 17.7 Å². The summed E-state index contributed by atoms with van der Waals surface area (Å²) < 4.78 is 18.1. The Morgan fingerprint density at radius 3 is 2.74 bits per heavy atom. The van der Waals surface area contributed by atoms with Gasteiger partial charge in [0.2, 0.25) is 11.8 Å². The molecule has 6 nitrogen and oxygen atoms in total. The zero-order valence-corrected chi connectivity index (χ0v) is 12.5. The van der Waals surface area contributed by atoms with Crippen LogP contribution in [0.5, 0.6) is 5.88 Å². The second kappa shape index (κ2) is 7.22. The summed E-state index contributed by atoms with van der Waals surface area (Å²) in [6, 6.07) is 8.93. The van der Waals surface area contributed by atoms with Gasteiger partial charge in [0, 0.05) is 6.07 Å². The predicted octanol–water partition coefficient (Wildman–Crippen LogP) is 2.25. The standard InChI is InChI=1S/C16H15FN4O2/c1-2-23-16-12(9-18)13(19)8-14(21-16)20-15(22)7-10-3-5-11(17)6-4-10/h3-6,8H,2,7H2,1H3,(H3,19,20,21,22). The van der Waals surface area contributed by atoms with Crippen LogP contribution in [0.15, 0.2) is 30.3 Å². The number of amides is 1. The number of carbonyl (C=O) groups excluding carboxylic acids is 1.